The molecule has 0 aliphatic heterocycles. The summed E-state index contributed by atoms with van der Waals surface area (Å²) >= 11 is 0. The van der Waals surface area contributed by atoms with Gasteiger partial charge in [-0.2, -0.15) is 0 Å². The highest BCUT2D eigenvalue weighted by Crippen LogP contribution is 2.36. The molecule has 0 spiro atoms. The van der Waals surface area contributed by atoms with E-state index in [1.54, 1.807) is 13.8 Å². The maximum Gasteiger partial charge on any atom is 0.126 e. The van der Waals surface area contributed by atoms with Crippen molar-refractivity contribution in [2.75, 3.05) is 11.4 Å². The summed E-state index contributed by atoms with van der Waals surface area (Å²) in [6.45, 7) is 6.46. The second-order valence-corrected chi connectivity index (χ2v) is 4.85. The molecule has 0 heterocycles. The second-order valence-electron chi connectivity index (χ2n) is 4.85. The van der Waals surface area contributed by atoms with E-state index in [-0.39, 0.29) is 5.82 Å². The monoisotopic (exact) mass is 237 g/mol. The van der Waals surface area contributed by atoms with E-state index in [1.807, 2.05) is 6.07 Å². The van der Waals surface area contributed by atoms with E-state index in [0.717, 1.165) is 12.2 Å². The molecule has 1 aliphatic carbocycles. The molecule has 2 nitrogen and oxygen atoms in total. The van der Waals surface area contributed by atoms with Crippen molar-refractivity contribution in [3.63, 3.8) is 0 Å². The van der Waals surface area contributed by atoms with Crippen LogP contribution in [0.4, 0.5) is 10.1 Å². The predicted octanol–water partition coefficient (Wildman–Crippen LogP) is 3.18. The number of aryl methyl sites for hydroxylation is 1. The lowest BCUT2D eigenvalue weighted by molar-refractivity contribution is 0.199. The molecule has 1 aromatic carbocycles. The molecule has 3 heteroatoms. The summed E-state index contributed by atoms with van der Waals surface area (Å²) in [6.07, 6.45) is 1.76. The van der Waals surface area contributed by atoms with Crippen LogP contribution in [0.3, 0.4) is 0 Å². The molecular formula is C14H20FNO. The molecule has 0 bridgehead atoms. The molecule has 2 rings (SSSR count). The molecule has 1 aliphatic rings. The number of benzene rings is 1. The van der Waals surface area contributed by atoms with Gasteiger partial charge in [-0.15, -0.1) is 0 Å². The van der Waals surface area contributed by atoms with E-state index in [2.05, 4.69) is 11.8 Å². The van der Waals surface area contributed by atoms with Crippen LogP contribution in [0, 0.1) is 12.7 Å². The van der Waals surface area contributed by atoms with Gasteiger partial charge >= 0.3 is 0 Å². The van der Waals surface area contributed by atoms with Gasteiger partial charge in [-0.25, -0.2) is 4.39 Å². The van der Waals surface area contributed by atoms with Crippen molar-refractivity contribution in [1.29, 1.82) is 0 Å². The average molecular weight is 237 g/mol. The van der Waals surface area contributed by atoms with E-state index in [0.29, 0.717) is 17.2 Å². The Hall–Kier alpha value is -1.09. The number of anilines is 1. The molecule has 0 saturated heterocycles. The van der Waals surface area contributed by atoms with Gasteiger partial charge in [0, 0.05) is 23.8 Å². The van der Waals surface area contributed by atoms with Gasteiger partial charge in [-0.3, -0.25) is 0 Å². The summed E-state index contributed by atoms with van der Waals surface area (Å²) in [5, 5.41) is 9.77. The first-order valence-corrected chi connectivity index (χ1v) is 6.29. The van der Waals surface area contributed by atoms with Gasteiger partial charge in [0.2, 0.25) is 0 Å². The highest BCUT2D eigenvalue weighted by Gasteiger charge is 2.30. The van der Waals surface area contributed by atoms with E-state index < -0.39 is 6.10 Å². The first-order valence-electron chi connectivity index (χ1n) is 6.29. The summed E-state index contributed by atoms with van der Waals surface area (Å²) in [4.78, 5) is 2.27. The molecule has 1 fully saturated rings. The SMILES string of the molecule is CCN(c1cc(C)c(F)cc1[C@H](C)O)C1CC1. The second kappa shape index (κ2) is 4.65. The third kappa shape index (κ3) is 2.44. The molecule has 17 heavy (non-hydrogen) atoms. The number of hydrogen-bond donors (Lipinski definition) is 1. The van der Waals surface area contributed by atoms with E-state index in [1.165, 1.54) is 18.9 Å². The van der Waals surface area contributed by atoms with Crippen molar-refractivity contribution >= 4 is 5.69 Å². The van der Waals surface area contributed by atoms with Crippen LogP contribution in [0.1, 0.15) is 43.9 Å². The van der Waals surface area contributed by atoms with E-state index in [9.17, 15) is 9.50 Å². The molecule has 1 atom stereocenters. The van der Waals surface area contributed by atoms with Gasteiger partial charge < -0.3 is 10.0 Å². The number of aliphatic hydroxyl groups is 1. The average Bonchev–Trinajstić information content (AvgIpc) is 3.07. The van der Waals surface area contributed by atoms with Crippen molar-refractivity contribution in [2.45, 2.75) is 45.8 Å². The number of nitrogens with zero attached hydrogens (tertiary/aromatic N) is 1. The maximum absolute atomic E-state index is 13.6. The zero-order valence-electron chi connectivity index (χ0n) is 10.7. The molecule has 0 amide bonds. The first-order chi connectivity index (χ1) is 8.04. The Morgan fingerprint density at radius 3 is 2.59 bits per heavy atom. The molecule has 0 aromatic heterocycles. The molecule has 94 valence electrons. The Labute approximate surface area is 102 Å². The van der Waals surface area contributed by atoms with Crippen molar-refractivity contribution in [2.24, 2.45) is 0 Å². The zero-order valence-corrected chi connectivity index (χ0v) is 10.7. The standard InChI is InChI=1S/C14H20FNO/c1-4-16(11-5-6-11)14-7-9(2)13(15)8-12(14)10(3)17/h7-8,10-11,17H,4-6H2,1-3H3/t10-/m0/s1. The molecular weight excluding hydrogens is 217 g/mol. The quantitative estimate of drug-likeness (QED) is 0.869. The van der Waals surface area contributed by atoms with Crippen LogP contribution in [0.25, 0.3) is 0 Å². The van der Waals surface area contributed by atoms with E-state index in [4.69, 9.17) is 0 Å². The minimum absolute atomic E-state index is 0.239. The van der Waals surface area contributed by atoms with Crippen LogP contribution in [0.2, 0.25) is 0 Å². The summed E-state index contributed by atoms with van der Waals surface area (Å²) in [7, 11) is 0. The lowest BCUT2D eigenvalue weighted by Crippen LogP contribution is -2.26. The minimum atomic E-state index is -0.632. The molecule has 1 aromatic rings. The van der Waals surface area contributed by atoms with Gasteiger partial charge in [-0.05, 0) is 51.3 Å². The molecule has 1 saturated carbocycles. The molecule has 1 N–H and O–H groups in total. The minimum Gasteiger partial charge on any atom is -0.389 e. The molecule has 0 unspecified atom stereocenters. The summed E-state index contributed by atoms with van der Waals surface area (Å²) in [5.41, 5.74) is 2.33. The lowest BCUT2D eigenvalue weighted by atomic mass is 10.0. The number of hydrogen-bond acceptors (Lipinski definition) is 2. The van der Waals surface area contributed by atoms with Crippen LogP contribution in [0.5, 0.6) is 0 Å². The Morgan fingerprint density at radius 1 is 1.47 bits per heavy atom. The number of aliphatic hydroxyl groups excluding tert-OH is 1. The fraction of sp³-hybridized carbons (Fsp3) is 0.571. The number of rotatable bonds is 4. The normalized spacial score (nSPS) is 17.0. The van der Waals surface area contributed by atoms with Crippen LogP contribution in [-0.4, -0.2) is 17.7 Å². The fourth-order valence-electron chi connectivity index (χ4n) is 2.28. The van der Waals surface area contributed by atoms with E-state index >= 15 is 0 Å². The van der Waals surface area contributed by atoms with Crippen molar-refractivity contribution in [3.05, 3.63) is 29.1 Å². The van der Waals surface area contributed by atoms with Gasteiger partial charge in [-0.1, -0.05) is 0 Å². The third-order valence-corrected chi connectivity index (χ3v) is 3.40. The van der Waals surface area contributed by atoms with Gasteiger partial charge in [0.05, 0.1) is 6.10 Å². The van der Waals surface area contributed by atoms with Crippen molar-refractivity contribution < 1.29 is 9.50 Å². The predicted molar refractivity (Wildman–Crippen MR) is 67.8 cm³/mol. The Morgan fingerprint density at radius 2 is 2.12 bits per heavy atom. The summed E-state index contributed by atoms with van der Waals surface area (Å²) in [5.74, 6) is -0.239. The zero-order chi connectivity index (χ0) is 12.6. The summed E-state index contributed by atoms with van der Waals surface area (Å²) < 4.78 is 13.6. The van der Waals surface area contributed by atoms with Crippen LogP contribution in [-0.2, 0) is 0 Å². The fourth-order valence-corrected chi connectivity index (χ4v) is 2.28. The highest BCUT2D eigenvalue weighted by molar-refractivity contribution is 5.58. The lowest BCUT2D eigenvalue weighted by Gasteiger charge is -2.27. The number of halogens is 1. The summed E-state index contributed by atoms with van der Waals surface area (Å²) in [6, 6.07) is 3.90. The van der Waals surface area contributed by atoms with Crippen molar-refractivity contribution in [1.82, 2.24) is 0 Å². The van der Waals surface area contributed by atoms with Crippen LogP contribution >= 0.6 is 0 Å². The third-order valence-electron chi connectivity index (χ3n) is 3.40. The Bertz CT molecular complexity index is 413. The van der Waals surface area contributed by atoms with Crippen molar-refractivity contribution in [3.8, 4) is 0 Å². The van der Waals surface area contributed by atoms with Gasteiger partial charge in [0.25, 0.3) is 0 Å². The largest absolute Gasteiger partial charge is 0.389 e. The maximum atomic E-state index is 13.6. The van der Waals surface area contributed by atoms with Gasteiger partial charge in [0.15, 0.2) is 0 Å². The topological polar surface area (TPSA) is 23.5 Å². The Balaban J connectivity index is 2.45. The van der Waals surface area contributed by atoms with Crippen LogP contribution in [0.15, 0.2) is 12.1 Å². The van der Waals surface area contributed by atoms with Crippen LogP contribution < -0.4 is 4.90 Å². The Kier molecular flexibility index (Phi) is 3.38. The van der Waals surface area contributed by atoms with Gasteiger partial charge in [0.1, 0.15) is 5.82 Å². The first kappa shape index (κ1) is 12.4. The smallest absolute Gasteiger partial charge is 0.126 e. The highest BCUT2D eigenvalue weighted by atomic mass is 19.1. The molecule has 0 radical (unpaired) electrons.